The Morgan fingerprint density at radius 3 is 2.14 bits per heavy atom. The van der Waals surface area contributed by atoms with Crippen LogP contribution in [0.2, 0.25) is 0 Å². The van der Waals surface area contributed by atoms with E-state index >= 15 is 0 Å². The zero-order valence-electron chi connectivity index (χ0n) is 47.4. The van der Waals surface area contributed by atoms with Gasteiger partial charge in [-0.05, 0) is 87.4 Å². The monoisotopic (exact) mass is 1180 g/mol. The smallest absolute Gasteiger partial charge is 0.326 e. The number of amides is 5. The van der Waals surface area contributed by atoms with Gasteiger partial charge in [-0.25, -0.2) is 24.2 Å². The van der Waals surface area contributed by atoms with Crippen LogP contribution in [0.25, 0.3) is 0 Å². The minimum Gasteiger partial charge on any atom is -0.508 e. The van der Waals surface area contributed by atoms with Crippen molar-refractivity contribution in [1.29, 1.82) is 0 Å². The molecule has 2 atom stereocenters. The maximum Gasteiger partial charge on any atom is 0.326 e. The van der Waals surface area contributed by atoms with E-state index in [2.05, 4.69) is 57.1 Å². The SMILES string of the molecule is O=C(O)CCC(NC(=O)NC(CCCCNC(=O)CCCCCN(Cc1ccc(OCc2cn(CCCNC(=O)N(CCNCNCCN=Cc3ccccc3O)Cc3ccccc3O)nn2)cc1)Cc1nccn1CC(=O)O)C(=O)O)C(=O)O. The van der Waals surface area contributed by atoms with Gasteiger partial charge in [-0.2, -0.15) is 0 Å². The van der Waals surface area contributed by atoms with Crippen LogP contribution >= 0.6 is 0 Å². The van der Waals surface area contributed by atoms with E-state index < -0.39 is 48.4 Å². The molecule has 0 bridgehead atoms. The first-order chi connectivity index (χ1) is 41.0. The van der Waals surface area contributed by atoms with Crippen LogP contribution in [0.3, 0.4) is 0 Å². The zero-order chi connectivity index (χ0) is 61.2. The Hall–Kier alpha value is -9.15. The van der Waals surface area contributed by atoms with Crippen LogP contribution in [0.4, 0.5) is 9.59 Å². The number of unbranched alkanes of at least 4 members (excludes halogenated alkanes) is 3. The van der Waals surface area contributed by atoms with Gasteiger partial charge in [-0.3, -0.25) is 29.0 Å². The molecule has 12 N–H and O–H groups in total. The Bertz CT molecular complexity index is 2920. The fourth-order valence-corrected chi connectivity index (χ4v) is 8.58. The number of phenols is 2. The molecular formula is C57H78N14O14. The third kappa shape index (κ3) is 26.3. The number of carbonyl (C=O) groups excluding carboxylic acids is 3. The van der Waals surface area contributed by atoms with Crippen molar-refractivity contribution in [1.82, 2.24) is 66.2 Å². The van der Waals surface area contributed by atoms with Crippen LogP contribution in [0.15, 0.2) is 96.4 Å². The van der Waals surface area contributed by atoms with E-state index in [1.54, 1.807) is 75.4 Å². The largest absolute Gasteiger partial charge is 0.508 e. The lowest BCUT2D eigenvalue weighted by molar-refractivity contribution is -0.141. The lowest BCUT2D eigenvalue weighted by Crippen LogP contribution is -2.51. The van der Waals surface area contributed by atoms with Crippen LogP contribution < -0.4 is 36.6 Å². The molecule has 0 fully saturated rings. The number of aryl methyl sites for hydroxylation is 1. The molecule has 0 aliphatic heterocycles. The fraction of sp³-hybridized carbons (Fsp3) is 0.456. The molecule has 460 valence electrons. The van der Waals surface area contributed by atoms with Crippen LogP contribution in [-0.4, -0.2) is 178 Å². The molecule has 2 aromatic heterocycles. The summed E-state index contributed by atoms with van der Waals surface area (Å²) in [6.45, 7) is 5.27. The number of hydrogen-bond donors (Lipinski definition) is 12. The molecule has 28 heteroatoms. The number of imidazole rings is 1. The maximum absolute atomic E-state index is 13.4. The van der Waals surface area contributed by atoms with Crippen LogP contribution in [-0.2, 0) is 63.3 Å². The van der Waals surface area contributed by atoms with Gasteiger partial charge in [0.1, 0.15) is 54.0 Å². The van der Waals surface area contributed by atoms with Gasteiger partial charge in [0.15, 0.2) is 0 Å². The molecule has 85 heavy (non-hydrogen) atoms. The fourth-order valence-electron chi connectivity index (χ4n) is 8.58. The van der Waals surface area contributed by atoms with Crippen molar-refractivity contribution in [3.05, 3.63) is 120 Å². The van der Waals surface area contributed by atoms with Gasteiger partial charge in [-0.15, -0.1) is 5.10 Å². The van der Waals surface area contributed by atoms with Gasteiger partial charge in [0.05, 0.1) is 25.8 Å². The van der Waals surface area contributed by atoms with Crippen molar-refractivity contribution in [3.63, 3.8) is 0 Å². The van der Waals surface area contributed by atoms with E-state index in [0.717, 1.165) is 18.4 Å². The maximum atomic E-state index is 13.4. The van der Waals surface area contributed by atoms with E-state index in [1.165, 1.54) is 0 Å². The van der Waals surface area contributed by atoms with Gasteiger partial charge in [0, 0.05) is 95.1 Å². The minimum absolute atomic E-state index is 0.00523. The number of ether oxygens (including phenoxy) is 1. The first kappa shape index (κ1) is 66.6. The van der Waals surface area contributed by atoms with E-state index in [1.807, 2.05) is 36.4 Å². The molecule has 0 aliphatic rings. The number of urea groups is 2. The summed E-state index contributed by atoms with van der Waals surface area (Å²) >= 11 is 0. The first-order valence-electron chi connectivity index (χ1n) is 28.1. The molecule has 3 aromatic carbocycles. The van der Waals surface area contributed by atoms with E-state index in [-0.39, 0.29) is 68.9 Å². The number of carboxylic acid groups (broad SMARTS) is 4. The molecular weight excluding hydrogens is 1100 g/mol. The van der Waals surface area contributed by atoms with Crippen molar-refractivity contribution >= 4 is 48.1 Å². The molecule has 28 nitrogen and oxygen atoms in total. The molecule has 2 unspecified atom stereocenters. The highest BCUT2D eigenvalue weighted by atomic mass is 16.5. The summed E-state index contributed by atoms with van der Waals surface area (Å²) in [4.78, 5) is 96.3. The number of aliphatic carboxylic acids is 4. The standard InChI is InChI=1S/C57H78N14O14/c72-48-14-5-3-11-42(48)33-58-25-26-59-40-60-27-31-70(35-43-12-4-6-15-49(43)73)57(84)63-24-10-30-71-36-44(66-67-71)39-85-45-19-17-41(18-20-45)34-68(37-50-61-28-32-69(50)38-53(77)78)29-9-1-2-16-51(74)62-23-8-7-13-46(54(79)80)64-56(83)65-47(55(81)82)21-22-52(75)76/h3-6,11-12,14-15,17-20,28,32-33,36,46-47,59-60,72-73H,1-2,7-10,13,16,21-27,29-31,34-35,37-40H2,(H,62,74)(H,63,84)(H,75,76)(H,77,78)(H,79,80)(H,81,82)(H2,64,65,83). The number of rotatable bonds is 42. The number of aromatic nitrogens is 5. The Morgan fingerprint density at radius 1 is 0.694 bits per heavy atom. The molecule has 0 spiro atoms. The van der Waals surface area contributed by atoms with Gasteiger partial charge in [-0.1, -0.05) is 54.1 Å². The van der Waals surface area contributed by atoms with Crippen molar-refractivity contribution in [2.75, 3.05) is 52.5 Å². The van der Waals surface area contributed by atoms with E-state index in [4.69, 9.17) is 9.84 Å². The summed E-state index contributed by atoms with van der Waals surface area (Å²) in [5.41, 5.74) is 2.86. The molecule has 0 aliphatic carbocycles. The van der Waals surface area contributed by atoms with Crippen molar-refractivity contribution in [2.24, 2.45) is 4.99 Å². The predicted octanol–water partition coefficient (Wildman–Crippen LogP) is 3.33. The summed E-state index contributed by atoms with van der Waals surface area (Å²) in [7, 11) is 0. The number of nitrogens with zero attached hydrogens (tertiary/aromatic N) is 8. The number of benzene rings is 3. The highest BCUT2D eigenvalue weighted by molar-refractivity contribution is 5.86. The normalized spacial score (nSPS) is 11.9. The predicted molar refractivity (Wildman–Crippen MR) is 309 cm³/mol. The van der Waals surface area contributed by atoms with Crippen LogP contribution in [0.5, 0.6) is 17.2 Å². The summed E-state index contributed by atoms with van der Waals surface area (Å²) < 4.78 is 9.31. The summed E-state index contributed by atoms with van der Waals surface area (Å²) in [5, 5.41) is 82.5. The van der Waals surface area contributed by atoms with Crippen molar-refractivity contribution in [2.45, 2.75) is 116 Å². The highest BCUT2D eigenvalue weighted by Crippen LogP contribution is 2.20. The molecule has 0 radical (unpaired) electrons. The average molecular weight is 1180 g/mol. The van der Waals surface area contributed by atoms with Gasteiger partial charge >= 0.3 is 35.9 Å². The minimum atomic E-state index is -1.51. The number of nitrogens with one attached hydrogen (secondary N) is 6. The molecule has 5 aromatic rings. The second-order valence-electron chi connectivity index (χ2n) is 19.9. The lowest BCUT2D eigenvalue weighted by Gasteiger charge is -2.24. The molecule has 0 saturated carbocycles. The van der Waals surface area contributed by atoms with E-state index in [9.17, 15) is 59.1 Å². The molecule has 0 saturated heterocycles. The van der Waals surface area contributed by atoms with Gasteiger partial charge in [0.2, 0.25) is 5.91 Å². The molecule has 2 heterocycles. The summed E-state index contributed by atoms with van der Waals surface area (Å²) in [6, 6.07) is 17.3. The number of carbonyl (C=O) groups is 7. The third-order valence-corrected chi connectivity index (χ3v) is 13.1. The number of carboxylic acids is 4. The zero-order valence-corrected chi connectivity index (χ0v) is 47.4. The highest BCUT2D eigenvalue weighted by Gasteiger charge is 2.25. The Kier molecular flexibility index (Phi) is 29.1. The van der Waals surface area contributed by atoms with Gasteiger partial charge < -0.3 is 76.7 Å². The Labute approximate surface area is 491 Å². The number of hydrogen-bond acceptors (Lipinski definition) is 17. The van der Waals surface area contributed by atoms with Gasteiger partial charge in [0.25, 0.3) is 0 Å². The number of para-hydroxylation sites is 2. The van der Waals surface area contributed by atoms with Crippen LogP contribution in [0.1, 0.15) is 92.4 Å². The molecule has 5 amide bonds. The second kappa shape index (κ2) is 37.1. The lowest BCUT2D eigenvalue weighted by atomic mass is 10.1. The number of aliphatic imine (C=N–C) groups is 1. The number of phenolic OH excluding ortho intramolecular Hbond substituents is 2. The Balaban J connectivity index is 0.996. The summed E-state index contributed by atoms with van der Waals surface area (Å²) in [6.07, 6.45) is 9.34. The quantitative estimate of drug-likeness (QED) is 0.0151. The topological polar surface area (TPSA) is 390 Å². The average Bonchev–Trinajstić information content (AvgIpc) is 4.21. The summed E-state index contributed by atoms with van der Waals surface area (Å²) in [5.74, 6) is -3.73. The van der Waals surface area contributed by atoms with Crippen molar-refractivity contribution in [3.8, 4) is 17.2 Å². The number of aromatic hydroxyl groups is 2. The molecule has 5 rings (SSSR count). The second-order valence-corrected chi connectivity index (χ2v) is 19.9. The van der Waals surface area contributed by atoms with Crippen LogP contribution in [0, 0.1) is 0 Å². The Morgan fingerprint density at radius 2 is 1.41 bits per heavy atom. The van der Waals surface area contributed by atoms with Crippen molar-refractivity contribution < 1.29 is 68.9 Å². The third-order valence-electron chi connectivity index (χ3n) is 13.1. The van der Waals surface area contributed by atoms with E-state index in [0.29, 0.717) is 120 Å². The first-order valence-corrected chi connectivity index (χ1v) is 28.1.